The summed E-state index contributed by atoms with van der Waals surface area (Å²) < 4.78 is 6.57. The van der Waals surface area contributed by atoms with Gasteiger partial charge >= 0.3 is 0 Å². The molecule has 2 rings (SSSR count). The second-order valence-corrected chi connectivity index (χ2v) is 5.12. The van der Waals surface area contributed by atoms with Gasteiger partial charge in [0.15, 0.2) is 6.10 Å². The molecular formula is C13H18BrClN2O2. The number of nitrogens with one attached hydrogen (secondary N) is 1. The zero-order valence-corrected chi connectivity index (χ0v) is 13.2. The molecule has 0 saturated carbocycles. The van der Waals surface area contributed by atoms with Crippen molar-refractivity contribution in [1.82, 2.24) is 10.2 Å². The topological polar surface area (TPSA) is 41.6 Å². The van der Waals surface area contributed by atoms with Crippen molar-refractivity contribution in [2.75, 3.05) is 26.2 Å². The lowest BCUT2D eigenvalue weighted by Gasteiger charge is -2.29. The maximum Gasteiger partial charge on any atom is 0.263 e. The largest absolute Gasteiger partial charge is 0.480 e. The number of hydrogen-bond acceptors (Lipinski definition) is 3. The molecular weight excluding hydrogens is 332 g/mol. The van der Waals surface area contributed by atoms with E-state index in [4.69, 9.17) is 4.74 Å². The van der Waals surface area contributed by atoms with Crippen LogP contribution in [-0.4, -0.2) is 43.1 Å². The third-order valence-corrected chi connectivity index (χ3v) is 3.57. The Hall–Kier alpha value is -0.780. The maximum atomic E-state index is 12.2. The van der Waals surface area contributed by atoms with Gasteiger partial charge in [-0.15, -0.1) is 12.4 Å². The van der Waals surface area contributed by atoms with Gasteiger partial charge in [0.2, 0.25) is 0 Å². The standard InChI is InChI=1S/C13H17BrN2O2.ClH/c1-10(13(17)16-8-6-15-7-9-16)18-12-5-3-2-4-11(12)14;/h2-5,10,15H,6-9H2,1H3;1H. The maximum absolute atomic E-state index is 12.2. The first kappa shape index (κ1) is 16.3. The molecule has 6 heteroatoms. The van der Waals surface area contributed by atoms with E-state index in [9.17, 15) is 4.79 Å². The lowest BCUT2D eigenvalue weighted by Crippen LogP contribution is -2.50. The molecule has 1 atom stereocenters. The Labute approximate surface area is 128 Å². The first-order valence-corrected chi connectivity index (χ1v) is 6.88. The SMILES string of the molecule is CC(Oc1ccccc1Br)C(=O)N1CCNCC1.Cl. The third-order valence-electron chi connectivity index (χ3n) is 2.92. The van der Waals surface area contributed by atoms with E-state index in [1.54, 1.807) is 6.92 Å². The molecule has 19 heavy (non-hydrogen) atoms. The molecule has 1 saturated heterocycles. The molecule has 1 aliphatic heterocycles. The number of carbonyl (C=O) groups excluding carboxylic acids is 1. The van der Waals surface area contributed by atoms with Gasteiger partial charge in [-0.3, -0.25) is 4.79 Å². The Balaban J connectivity index is 0.00000180. The van der Waals surface area contributed by atoms with Crippen LogP contribution in [0.25, 0.3) is 0 Å². The summed E-state index contributed by atoms with van der Waals surface area (Å²) in [6.07, 6.45) is -0.457. The molecule has 1 aliphatic rings. The van der Waals surface area contributed by atoms with Gasteiger partial charge in [-0.05, 0) is 35.0 Å². The summed E-state index contributed by atoms with van der Waals surface area (Å²) >= 11 is 3.41. The summed E-state index contributed by atoms with van der Waals surface area (Å²) in [4.78, 5) is 14.0. The fourth-order valence-corrected chi connectivity index (χ4v) is 2.30. The van der Waals surface area contributed by atoms with E-state index in [1.165, 1.54) is 0 Å². The predicted octanol–water partition coefficient (Wildman–Crippen LogP) is 2.07. The number of hydrogen-bond donors (Lipinski definition) is 1. The van der Waals surface area contributed by atoms with Crippen LogP contribution in [0, 0.1) is 0 Å². The Kier molecular flexibility index (Phi) is 6.62. The van der Waals surface area contributed by atoms with Crippen molar-refractivity contribution >= 4 is 34.2 Å². The van der Waals surface area contributed by atoms with Gasteiger partial charge in [-0.2, -0.15) is 0 Å². The fourth-order valence-electron chi connectivity index (χ4n) is 1.92. The van der Waals surface area contributed by atoms with Gasteiger partial charge in [-0.1, -0.05) is 12.1 Å². The second-order valence-electron chi connectivity index (χ2n) is 4.27. The summed E-state index contributed by atoms with van der Waals surface area (Å²) in [5.74, 6) is 0.751. The highest BCUT2D eigenvalue weighted by Gasteiger charge is 2.23. The summed E-state index contributed by atoms with van der Waals surface area (Å²) in [5.41, 5.74) is 0. The molecule has 0 spiro atoms. The van der Waals surface area contributed by atoms with E-state index < -0.39 is 6.10 Å². The molecule has 0 aliphatic carbocycles. The van der Waals surface area contributed by atoms with E-state index in [2.05, 4.69) is 21.2 Å². The molecule has 1 amide bonds. The van der Waals surface area contributed by atoms with Crippen molar-refractivity contribution in [3.63, 3.8) is 0 Å². The second kappa shape index (κ2) is 7.72. The normalized spacial score (nSPS) is 16.4. The van der Waals surface area contributed by atoms with Crippen LogP contribution >= 0.6 is 28.3 Å². The van der Waals surface area contributed by atoms with Crippen LogP contribution in [0.4, 0.5) is 0 Å². The Morgan fingerprint density at radius 2 is 2.00 bits per heavy atom. The smallest absolute Gasteiger partial charge is 0.263 e. The van der Waals surface area contributed by atoms with Crippen LogP contribution in [0.5, 0.6) is 5.75 Å². The molecule has 1 aromatic carbocycles. The highest BCUT2D eigenvalue weighted by atomic mass is 79.9. The minimum Gasteiger partial charge on any atom is -0.480 e. The van der Waals surface area contributed by atoms with Crippen molar-refractivity contribution < 1.29 is 9.53 Å². The molecule has 1 fully saturated rings. The summed E-state index contributed by atoms with van der Waals surface area (Å²) in [5, 5.41) is 3.23. The fraction of sp³-hybridized carbons (Fsp3) is 0.462. The quantitative estimate of drug-likeness (QED) is 0.908. The highest BCUT2D eigenvalue weighted by molar-refractivity contribution is 9.10. The summed E-state index contributed by atoms with van der Waals surface area (Å²) in [7, 11) is 0. The molecule has 1 aromatic rings. The average molecular weight is 350 g/mol. The van der Waals surface area contributed by atoms with E-state index >= 15 is 0 Å². The van der Waals surface area contributed by atoms with Crippen LogP contribution in [0.15, 0.2) is 28.7 Å². The number of rotatable bonds is 3. The highest BCUT2D eigenvalue weighted by Crippen LogP contribution is 2.25. The number of piperazine rings is 1. The predicted molar refractivity (Wildman–Crippen MR) is 80.9 cm³/mol. The number of ether oxygens (including phenoxy) is 1. The molecule has 1 N–H and O–H groups in total. The lowest BCUT2D eigenvalue weighted by atomic mass is 10.3. The number of amides is 1. The molecule has 0 bridgehead atoms. The zero-order chi connectivity index (χ0) is 13.0. The Morgan fingerprint density at radius 1 is 1.37 bits per heavy atom. The van der Waals surface area contributed by atoms with Crippen molar-refractivity contribution in [2.45, 2.75) is 13.0 Å². The average Bonchev–Trinajstić information content (AvgIpc) is 2.41. The van der Waals surface area contributed by atoms with Gasteiger partial charge in [-0.25, -0.2) is 0 Å². The van der Waals surface area contributed by atoms with Crippen LogP contribution < -0.4 is 10.1 Å². The molecule has 1 heterocycles. The minimum absolute atomic E-state index is 0. The van der Waals surface area contributed by atoms with E-state index in [-0.39, 0.29) is 18.3 Å². The monoisotopic (exact) mass is 348 g/mol. The lowest BCUT2D eigenvalue weighted by molar-refractivity contribution is -0.138. The van der Waals surface area contributed by atoms with Crippen LogP contribution in [0.1, 0.15) is 6.92 Å². The molecule has 0 radical (unpaired) electrons. The van der Waals surface area contributed by atoms with Gasteiger partial charge in [0, 0.05) is 26.2 Å². The van der Waals surface area contributed by atoms with Crippen LogP contribution in [0.2, 0.25) is 0 Å². The molecule has 106 valence electrons. The number of nitrogens with zero attached hydrogens (tertiary/aromatic N) is 1. The van der Waals surface area contributed by atoms with E-state index in [0.717, 1.165) is 30.7 Å². The number of benzene rings is 1. The summed E-state index contributed by atoms with van der Waals surface area (Å²) in [6, 6.07) is 7.56. The van der Waals surface area contributed by atoms with Crippen LogP contribution in [-0.2, 0) is 4.79 Å². The van der Waals surface area contributed by atoms with Crippen LogP contribution in [0.3, 0.4) is 0 Å². The molecule has 1 unspecified atom stereocenters. The Morgan fingerprint density at radius 3 is 2.63 bits per heavy atom. The number of halogens is 2. The van der Waals surface area contributed by atoms with E-state index in [1.807, 2.05) is 29.2 Å². The first-order chi connectivity index (χ1) is 8.68. The van der Waals surface area contributed by atoms with Gasteiger partial charge in [0.25, 0.3) is 5.91 Å². The van der Waals surface area contributed by atoms with E-state index in [0.29, 0.717) is 5.75 Å². The molecule has 0 aromatic heterocycles. The van der Waals surface area contributed by atoms with Gasteiger partial charge in [0.05, 0.1) is 4.47 Å². The summed E-state index contributed by atoms with van der Waals surface area (Å²) in [6.45, 7) is 5.01. The van der Waals surface area contributed by atoms with Crippen molar-refractivity contribution in [1.29, 1.82) is 0 Å². The van der Waals surface area contributed by atoms with Gasteiger partial charge < -0.3 is 15.0 Å². The van der Waals surface area contributed by atoms with Gasteiger partial charge in [0.1, 0.15) is 5.75 Å². The third kappa shape index (κ3) is 4.37. The first-order valence-electron chi connectivity index (χ1n) is 6.09. The number of carbonyl (C=O) groups is 1. The van der Waals surface area contributed by atoms with Crippen molar-refractivity contribution in [2.24, 2.45) is 0 Å². The zero-order valence-electron chi connectivity index (χ0n) is 10.8. The van der Waals surface area contributed by atoms with Crippen molar-refractivity contribution in [3.05, 3.63) is 28.7 Å². The minimum atomic E-state index is -0.457. The number of para-hydroxylation sites is 1. The van der Waals surface area contributed by atoms with Crippen molar-refractivity contribution in [3.8, 4) is 5.75 Å². The molecule has 4 nitrogen and oxygen atoms in total. The Bertz CT molecular complexity index is 425.